The second-order valence-corrected chi connectivity index (χ2v) is 6.19. The normalized spacial score (nSPS) is 16.5. The van der Waals surface area contributed by atoms with Crippen molar-refractivity contribution in [3.8, 4) is 5.75 Å². The van der Waals surface area contributed by atoms with Crippen LogP contribution in [0.4, 0.5) is 0 Å². The molecule has 0 fully saturated rings. The third-order valence-electron chi connectivity index (χ3n) is 3.75. The molecule has 0 radical (unpaired) electrons. The Balaban J connectivity index is 1.73. The van der Waals surface area contributed by atoms with Gasteiger partial charge in [0, 0.05) is 23.0 Å². The predicted octanol–water partition coefficient (Wildman–Crippen LogP) is 4.55. The van der Waals surface area contributed by atoms with Crippen LogP contribution in [0, 0.1) is 0 Å². The largest absolute Gasteiger partial charge is 0.492 e. The SMILES string of the molecule is CCC(=O)c1ccccc1OCC1CSc2ccccc21. The van der Waals surface area contributed by atoms with Crippen molar-refractivity contribution in [2.45, 2.75) is 24.2 Å². The van der Waals surface area contributed by atoms with E-state index in [9.17, 15) is 4.79 Å². The number of Topliss-reactive ketones (excluding diaryl/α,β-unsaturated/α-hetero) is 1. The number of hydrogen-bond donors (Lipinski definition) is 0. The van der Waals surface area contributed by atoms with Crippen molar-refractivity contribution in [3.05, 3.63) is 59.7 Å². The van der Waals surface area contributed by atoms with E-state index in [0.717, 1.165) is 5.75 Å². The topological polar surface area (TPSA) is 26.3 Å². The van der Waals surface area contributed by atoms with E-state index in [1.165, 1.54) is 10.5 Å². The first-order valence-corrected chi connectivity index (χ1v) is 8.25. The van der Waals surface area contributed by atoms with Crippen LogP contribution in [0.5, 0.6) is 5.75 Å². The number of ether oxygens (including phenoxy) is 1. The van der Waals surface area contributed by atoms with Gasteiger partial charge in [-0.15, -0.1) is 11.8 Å². The molecule has 21 heavy (non-hydrogen) atoms. The van der Waals surface area contributed by atoms with Gasteiger partial charge in [-0.05, 0) is 23.8 Å². The molecule has 1 unspecified atom stereocenters. The molecule has 0 amide bonds. The third kappa shape index (κ3) is 2.98. The minimum absolute atomic E-state index is 0.131. The van der Waals surface area contributed by atoms with E-state index >= 15 is 0 Å². The zero-order valence-electron chi connectivity index (χ0n) is 12.0. The fraction of sp³-hybridized carbons (Fsp3) is 0.278. The molecule has 1 atom stereocenters. The van der Waals surface area contributed by atoms with Gasteiger partial charge in [-0.25, -0.2) is 0 Å². The summed E-state index contributed by atoms with van der Waals surface area (Å²) >= 11 is 1.88. The van der Waals surface area contributed by atoms with Crippen LogP contribution >= 0.6 is 11.8 Å². The Morgan fingerprint density at radius 1 is 1.19 bits per heavy atom. The highest BCUT2D eigenvalue weighted by molar-refractivity contribution is 7.99. The Morgan fingerprint density at radius 2 is 1.95 bits per heavy atom. The fourth-order valence-electron chi connectivity index (χ4n) is 2.57. The van der Waals surface area contributed by atoms with Gasteiger partial charge in [0.2, 0.25) is 0 Å². The second kappa shape index (κ2) is 6.35. The van der Waals surface area contributed by atoms with Gasteiger partial charge in [0.15, 0.2) is 5.78 Å². The lowest BCUT2D eigenvalue weighted by Gasteiger charge is -2.14. The Labute approximate surface area is 129 Å². The van der Waals surface area contributed by atoms with Crippen LogP contribution in [0.25, 0.3) is 0 Å². The van der Waals surface area contributed by atoms with Crippen molar-refractivity contribution >= 4 is 17.5 Å². The number of fused-ring (bicyclic) bond motifs is 1. The van der Waals surface area contributed by atoms with E-state index in [2.05, 4.69) is 24.3 Å². The zero-order chi connectivity index (χ0) is 14.7. The number of ketones is 1. The first kappa shape index (κ1) is 14.2. The highest BCUT2D eigenvalue weighted by Gasteiger charge is 2.23. The van der Waals surface area contributed by atoms with Gasteiger partial charge in [0.05, 0.1) is 12.2 Å². The molecule has 0 N–H and O–H groups in total. The van der Waals surface area contributed by atoms with Gasteiger partial charge >= 0.3 is 0 Å². The summed E-state index contributed by atoms with van der Waals surface area (Å²) in [6.07, 6.45) is 0.502. The predicted molar refractivity (Wildman–Crippen MR) is 86.5 cm³/mol. The molecular formula is C18H18O2S. The molecule has 0 spiro atoms. The summed E-state index contributed by atoms with van der Waals surface area (Å²) in [4.78, 5) is 13.3. The van der Waals surface area contributed by atoms with Crippen LogP contribution in [0.2, 0.25) is 0 Å². The maximum Gasteiger partial charge on any atom is 0.166 e. The van der Waals surface area contributed by atoms with E-state index in [4.69, 9.17) is 4.74 Å². The second-order valence-electron chi connectivity index (χ2n) is 5.13. The van der Waals surface area contributed by atoms with E-state index < -0.39 is 0 Å². The van der Waals surface area contributed by atoms with Gasteiger partial charge in [0.1, 0.15) is 5.75 Å². The minimum Gasteiger partial charge on any atom is -0.492 e. The number of benzene rings is 2. The van der Waals surface area contributed by atoms with Crippen molar-refractivity contribution < 1.29 is 9.53 Å². The van der Waals surface area contributed by atoms with E-state index in [1.807, 2.05) is 43.0 Å². The van der Waals surface area contributed by atoms with Gasteiger partial charge in [0.25, 0.3) is 0 Å². The van der Waals surface area contributed by atoms with Gasteiger partial charge in [-0.2, -0.15) is 0 Å². The monoisotopic (exact) mass is 298 g/mol. The van der Waals surface area contributed by atoms with Crippen molar-refractivity contribution in [1.82, 2.24) is 0 Å². The maximum atomic E-state index is 11.9. The van der Waals surface area contributed by atoms with Crippen LogP contribution in [0.3, 0.4) is 0 Å². The molecular weight excluding hydrogens is 280 g/mol. The lowest BCUT2D eigenvalue weighted by atomic mass is 10.0. The smallest absolute Gasteiger partial charge is 0.166 e. The van der Waals surface area contributed by atoms with Gasteiger partial charge in [-0.1, -0.05) is 37.3 Å². The van der Waals surface area contributed by atoms with Crippen molar-refractivity contribution in [1.29, 1.82) is 0 Å². The highest BCUT2D eigenvalue weighted by Crippen LogP contribution is 2.39. The highest BCUT2D eigenvalue weighted by atomic mass is 32.2. The summed E-state index contributed by atoms with van der Waals surface area (Å²) in [7, 11) is 0. The summed E-state index contributed by atoms with van der Waals surface area (Å²) in [5.41, 5.74) is 2.06. The zero-order valence-corrected chi connectivity index (χ0v) is 12.9. The Kier molecular flexibility index (Phi) is 4.30. The molecule has 0 saturated carbocycles. The molecule has 1 heterocycles. The molecule has 0 bridgehead atoms. The van der Waals surface area contributed by atoms with Crippen molar-refractivity contribution in [2.75, 3.05) is 12.4 Å². The quantitative estimate of drug-likeness (QED) is 0.758. The van der Waals surface area contributed by atoms with Crippen molar-refractivity contribution in [3.63, 3.8) is 0 Å². The number of carbonyl (C=O) groups is 1. The van der Waals surface area contributed by atoms with Gasteiger partial charge in [-0.3, -0.25) is 4.79 Å². The van der Waals surface area contributed by atoms with Crippen molar-refractivity contribution in [2.24, 2.45) is 0 Å². The van der Waals surface area contributed by atoms with Crippen LogP contribution in [0.15, 0.2) is 53.4 Å². The molecule has 2 aromatic carbocycles. The van der Waals surface area contributed by atoms with Crippen LogP contribution < -0.4 is 4.74 Å². The van der Waals surface area contributed by atoms with E-state index in [0.29, 0.717) is 30.3 Å². The number of para-hydroxylation sites is 1. The summed E-state index contributed by atoms with van der Waals surface area (Å²) in [6, 6.07) is 16.0. The molecule has 0 saturated heterocycles. The average molecular weight is 298 g/mol. The fourth-order valence-corrected chi connectivity index (χ4v) is 3.80. The molecule has 3 rings (SSSR count). The van der Waals surface area contributed by atoms with E-state index in [-0.39, 0.29) is 5.78 Å². The Bertz CT molecular complexity index is 651. The summed E-state index contributed by atoms with van der Waals surface area (Å²) < 4.78 is 5.97. The van der Waals surface area contributed by atoms with Crippen LogP contribution in [-0.4, -0.2) is 18.1 Å². The molecule has 1 aliphatic rings. The van der Waals surface area contributed by atoms with Crippen LogP contribution in [0.1, 0.15) is 35.2 Å². The average Bonchev–Trinajstić information content (AvgIpc) is 2.96. The Hall–Kier alpha value is -1.74. The van der Waals surface area contributed by atoms with Gasteiger partial charge < -0.3 is 4.74 Å². The molecule has 1 aliphatic heterocycles. The lowest BCUT2D eigenvalue weighted by Crippen LogP contribution is -2.11. The Morgan fingerprint density at radius 3 is 2.81 bits per heavy atom. The minimum atomic E-state index is 0.131. The molecule has 2 nitrogen and oxygen atoms in total. The molecule has 3 heteroatoms. The summed E-state index contributed by atoms with van der Waals surface area (Å²) in [6.45, 7) is 2.50. The first-order chi connectivity index (χ1) is 10.3. The standard InChI is InChI=1S/C18H18O2S/c1-2-16(19)15-8-3-5-9-17(15)20-11-13-12-21-18-10-6-4-7-14(13)18/h3-10,13H,2,11-12H2,1H3. The molecule has 0 aliphatic carbocycles. The number of thioether (sulfide) groups is 1. The number of rotatable bonds is 5. The molecule has 2 aromatic rings. The molecule has 0 aromatic heterocycles. The van der Waals surface area contributed by atoms with E-state index in [1.54, 1.807) is 0 Å². The maximum absolute atomic E-state index is 11.9. The lowest BCUT2D eigenvalue weighted by molar-refractivity contribution is 0.0984. The number of carbonyl (C=O) groups excluding carboxylic acids is 1. The first-order valence-electron chi connectivity index (χ1n) is 7.26. The van der Waals surface area contributed by atoms with Crippen LogP contribution in [-0.2, 0) is 0 Å². The number of hydrogen-bond acceptors (Lipinski definition) is 3. The summed E-state index contributed by atoms with van der Waals surface area (Å²) in [5.74, 6) is 2.28. The molecule has 108 valence electrons. The summed E-state index contributed by atoms with van der Waals surface area (Å²) in [5, 5.41) is 0. The third-order valence-corrected chi connectivity index (χ3v) is 5.00.